The van der Waals surface area contributed by atoms with Gasteiger partial charge < -0.3 is 14.4 Å². The zero-order valence-corrected chi connectivity index (χ0v) is 14.6. The van der Waals surface area contributed by atoms with Crippen molar-refractivity contribution >= 4 is 6.09 Å². The molecule has 3 rings (SSSR count). The lowest BCUT2D eigenvalue weighted by Gasteiger charge is -2.38. The number of piperazine rings is 1. The van der Waals surface area contributed by atoms with Crippen LogP contribution in [0.3, 0.4) is 0 Å². The Balaban J connectivity index is 1.48. The Hall–Kier alpha value is -1.79. The lowest BCUT2D eigenvalue weighted by atomic mass is 10.0. The number of amides is 1. The van der Waals surface area contributed by atoms with E-state index in [4.69, 9.17) is 9.47 Å². The summed E-state index contributed by atoms with van der Waals surface area (Å²) in [5.74, 6) is 0.958. The Kier molecular flexibility index (Phi) is 5.58. The van der Waals surface area contributed by atoms with Gasteiger partial charge in [-0.1, -0.05) is 18.2 Å². The summed E-state index contributed by atoms with van der Waals surface area (Å²) in [5.41, 5.74) is 1.24. The van der Waals surface area contributed by atoms with Gasteiger partial charge in [-0.05, 0) is 13.0 Å². The van der Waals surface area contributed by atoms with Gasteiger partial charge in [0, 0.05) is 50.9 Å². The van der Waals surface area contributed by atoms with Gasteiger partial charge in [-0.25, -0.2) is 4.79 Å². The van der Waals surface area contributed by atoms with Crippen LogP contribution in [-0.2, 0) is 4.74 Å². The van der Waals surface area contributed by atoms with Gasteiger partial charge in [0.05, 0.1) is 13.7 Å². The molecule has 24 heavy (non-hydrogen) atoms. The van der Waals surface area contributed by atoms with Gasteiger partial charge in [0.15, 0.2) is 0 Å². The van der Waals surface area contributed by atoms with Crippen LogP contribution in [0.1, 0.15) is 18.5 Å². The third-order valence-corrected chi connectivity index (χ3v) is 5.07. The predicted octanol–water partition coefficient (Wildman–Crippen LogP) is 1.83. The number of cyclic esters (lactones) is 1. The van der Waals surface area contributed by atoms with Crippen LogP contribution in [0.2, 0.25) is 0 Å². The molecule has 1 atom stereocenters. The molecular formula is C18H27N3O3. The number of ether oxygens (including phenoxy) is 2. The minimum Gasteiger partial charge on any atom is -0.496 e. The van der Waals surface area contributed by atoms with Crippen LogP contribution in [0.15, 0.2) is 24.3 Å². The van der Waals surface area contributed by atoms with E-state index in [1.807, 2.05) is 12.1 Å². The lowest BCUT2D eigenvalue weighted by Crippen LogP contribution is -2.49. The quantitative estimate of drug-likeness (QED) is 0.795. The molecule has 0 saturated carbocycles. The maximum atomic E-state index is 11.5. The normalized spacial score (nSPS) is 20.9. The van der Waals surface area contributed by atoms with Crippen LogP contribution < -0.4 is 4.74 Å². The summed E-state index contributed by atoms with van der Waals surface area (Å²) in [6.07, 6.45) is -0.168. The molecule has 0 bridgehead atoms. The molecule has 2 aliphatic heterocycles. The standard InChI is InChI=1S/C18H27N3O3/c1-15(16-5-3-4-6-17(16)23-2)20-10-7-19(8-11-20)9-12-21-13-14-24-18(21)22/h3-6,15H,7-14H2,1-2H3. The number of rotatable bonds is 6. The average Bonchev–Trinajstić information content (AvgIpc) is 3.04. The van der Waals surface area contributed by atoms with Crippen molar-refractivity contribution in [2.24, 2.45) is 0 Å². The van der Waals surface area contributed by atoms with E-state index in [0.717, 1.165) is 51.6 Å². The maximum absolute atomic E-state index is 11.5. The molecule has 132 valence electrons. The van der Waals surface area contributed by atoms with E-state index in [0.29, 0.717) is 12.6 Å². The Morgan fingerprint density at radius 1 is 1.12 bits per heavy atom. The Bertz CT molecular complexity index is 558. The maximum Gasteiger partial charge on any atom is 0.409 e. The van der Waals surface area contributed by atoms with E-state index < -0.39 is 0 Å². The summed E-state index contributed by atoms with van der Waals surface area (Å²) in [6, 6.07) is 8.60. The number of methoxy groups -OCH3 is 1. The second kappa shape index (κ2) is 7.85. The molecule has 1 aromatic rings. The molecule has 1 unspecified atom stereocenters. The van der Waals surface area contributed by atoms with E-state index in [9.17, 15) is 4.79 Å². The molecule has 1 amide bonds. The minimum absolute atomic E-state index is 0.168. The van der Waals surface area contributed by atoms with E-state index in [-0.39, 0.29) is 6.09 Å². The van der Waals surface area contributed by atoms with E-state index in [1.165, 1.54) is 5.56 Å². The molecule has 2 fully saturated rings. The molecule has 0 aromatic heterocycles. The van der Waals surface area contributed by atoms with Crippen molar-refractivity contribution in [3.63, 3.8) is 0 Å². The summed E-state index contributed by atoms with van der Waals surface area (Å²) in [4.78, 5) is 18.2. The largest absolute Gasteiger partial charge is 0.496 e. The van der Waals surface area contributed by atoms with Crippen LogP contribution in [0, 0.1) is 0 Å². The zero-order chi connectivity index (χ0) is 16.9. The van der Waals surface area contributed by atoms with Crippen molar-refractivity contribution in [1.82, 2.24) is 14.7 Å². The summed E-state index contributed by atoms with van der Waals surface area (Å²) < 4.78 is 10.5. The number of carbonyl (C=O) groups excluding carboxylic acids is 1. The van der Waals surface area contributed by atoms with E-state index in [1.54, 1.807) is 12.0 Å². The fourth-order valence-corrected chi connectivity index (χ4v) is 3.47. The van der Waals surface area contributed by atoms with Gasteiger partial charge in [-0.15, -0.1) is 0 Å². The number of carbonyl (C=O) groups is 1. The van der Waals surface area contributed by atoms with Gasteiger partial charge in [0.25, 0.3) is 0 Å². The first kappa shape index (κ1) is 17.0. The first-order valence-electron chi connectivity index (χ1n) is 8.70. The van der Waals surface area contributed by atoms with Crippen molar-refractivity contribution in [2.75, 3.05) is 59.5 Å². The molecule has 0 N–H and O–H groups in total. The molecule has 2 heterocycles. The highest BCUT2D eigenvalue weighted by Crippen LogP contribution is 2.29. The SMILES string of the molecule is COc1ccccc1C(C)N1CCN(CCN2CCOC2=O)CC1. The second-order valence-corrected chi connectivity index (χ2v) is 6.40. The molecule has 6 nitrogen and oxygen atoms in total. The predicted molar refractivity (Wildman–Crippen MR) is 92.3 cm³/mol. The Labute approximate surface area is 143 Å². The highest BCUT2D eigenvalue weighted by molar-refractivity contribution is 5.69. The molecular weight excluding hydrogens is 306 g/mol. The first-order chi connectivity index (χ1) is 11.7. The summed E-state index contributed by atoms with van der Waals surface area (Å²) in [7, 11) is 1.73. The van der Waals surface area contributed by atoms with Crippen molar-refractivity contribution in [3.8, 4) is 5.75 Å². The number of hydrogen-bond acceptors (Lipinski definition) is 5. The Morgan fingerprint density at radius 3 is 2.54 bits per heavy atom. The zero-order valence-electron chi connectivity index (χ0n) is 14.6. The summed E-state index contributed by atoms with van der Waals surface area (Å²) in [5, 5.41) is 0. The third-order valence-electron chi connectivity index (χ3n) is 5.07. The van der Waals surface area contributed by atoms with Gasteiger partial charge in [-0.3, -0.25) is 9.80 Å². The van der Waals surface area contributed by atoms with E-state index in [2.05, 4.69) is 28.9 Å². The van der Waals surface area contributed by atoms with Gasteiger partial charge in [0.2, 0.25) is 0 Å². The molecule has 2 saturated heterocycles. The van der Waals surface area contributed by atoms with Crippen LogP contribution >= 0.6 is 0 Å². The molecule has 0 aliphatic carbocycles. The third kappa shape index (κ3) is 3.82. The van der Waals surface area contributed by atoms with Gasteiger partial charge in [-0.2, -0.15) is 0 Å². The van der Waals surface area contributed by atoms with Crippen LogP contribution in [0.25, 0.3) is 0 Å². The topological polar surface area (TPSA) is 45.2 Å². The van der Waals surface area contributed by atoms with Crippen molar-refractivity contribution < 1.29 is 14.3 Å². The van der Waals surface area contributed by atoms with Crippen LogP contribution in [-0.4, -0.2) is 80.3 Å². The van der Waals surface area contributed by atoms with Crippen molar-refractivity contribution in [3.05, 3.63) is 29.8 Å². The number of para-hydroxylation sites is 1. The molecule has 1 aromatic carbocycles. The van der Waals surface area contributed by atoms with Crippen molar-refractivity contribution in [2.45, 2.75) is 13.0 Å². The van der Waals surface area contributed by atoms with Gasteiger partial charge in [0.1, 0.15) is 12.4 Å². The van der Waals surface area contributed by atoms with Gasteiger partial charge >= 0.3 is 6.09 Å². The lowest BCUT2D eigenvalue weighted by molar-refractivity contribution is 0.0949. The molecule has 6 heteroatoms. The summed E-state index contributed by atoms with van der Waals surface area (Å²) in [6.45, 7) is 9.31. The highest BCUT2D eigenvalue weighted by atomic mass is 16.6. The minimum atomic E-state index is -0.168. The second-order valence-electron chi connectivity index (χ2n) is 6.40. The van der Waals surface area contributed by atoms with E-state index >= 15 is 0 Å². The fourth-order valence-electron chi connectivity index (χ4n) is 3.47. The molecule has 2 aliphatic rings. The van der Waals surface area contributed by atoms with Crippen molar-refractivity contribution in [1.29, 1.82) is 0 Å². The molecule has 0 radical (unpaired) electrons. The molecule has 0 spiro atoms. The van der Waals surface area contributed by atoms with Crippen LogP contribution in [0.5, 0.6) is 5.75 Å². The number of benzene rings is 1. The smallest absolute Gasteiger partial charge is 0.409 e. The number of nitrogens with zero attached hydrogens (tertiary/aromatic N) is 3. The monoisotopic (exact) mass is 333 g/mol. The van der Waals surface area contributed by atoms with Crippen LogP contribution in [0.4, 0.5) is 4.79 Å². The summed E-state index contributed by atoms with van der Waals surface area (Å²) >= 11 is 0. The first-order valence-corrected chi connectivity index (χ1v) is 8.70. The average molecular weight is 333 g/mol. The number of hydrogen-bond donors (Lipinski definition) is 0. The fraction of sp³-hybridized carbons (Fsp3) is 0.611. The highest BCUT2D eigenvalue weighted by Gasteiger charge is 2.26. The Morgan fingerprint density at radius 2 is 1.88 bits per heavy atom.